The fourth-order valence-corrected chi connectivity index (χ4v) is 3.37. The summed E-state index contributed by atoms with van der Waals surface area (Å²) in [6.07, 6.45) is 0.894. The van der Waals surface area contributed by atoms with E-state index in [0.717, 1.165) is 30.5 Å². The van der Waals surface area contributed by atoms with Gasteiger partial charge >= 0.3 is 5.97 Å². The van der Waals surface area contributed by atoms with Gasteiger partial charge in [-0.1, -0.05) is 28.1 Å². The fourth-order valence-electron chi connectivity index (χ4n) is 2.92. The highest BCUT2D eigenvalue weighted by Crippen LogP contribution is 2.47. The summed E-state index contributed by atoms with van der Waals surface area (Å²) < 4.78 is 1.12. The molecule has 4 heteroatoms. The number of aliphatic carboxylic acids is 1. The molecule has 1 N–H and O–H groups in total. The molecule has 0 bridgehead atoms. The molecular weight excluding hydrogens is 294 g/mol. The van der Waals surface area contributed by atoms with Crippen molar-refractivity contribution in [1.29, 1.82) is 0 Å². The predicted octanol–water partition coefficient (Wildman–Crippen LogP) is 2.60. The Kier molecular flexibility index (Phi) is 3.16. The summed E-state index contributed by atoms with van der Waals surface area (Å²) in [5.74, 6) is 0.396. The van der Waals surface area contributed by atoms with Gasteiger partial charge in [0.15, 0.2) is 0 Å². The van der Waals surface area contributed by atoms with Crippen LogP contribution in [0.4, 0.5) is 0 Å². The van der Waals surface area contributed by atoms with Gasteiger partial charge < -0.3 is 5.11 Å². The highest BCUT2D eigenvalue weighted by Gasteiger charge is 2.50. The van der Waals surface area contributed by atoms with Crippen molar-refractivity contribution in [2.75, 3.05) is 13.1 Å². The summed E-state index contributed by atoms with van der Waals surface area (Å²) >= 11 is 3.48. The van der Waals surface area contributed by atoms with E-state index in [2.05, 4.69) is 39.0 Å². The zero-order valence-corrected chi connectivity index (χ0v) is 11.6. The molecule has 3 nitrogen and oxygen atoms in total. The van der Waals surface area contributed by atoms with Gasteiger partial charge in [0.1, 0.15) is 0 Å². The lowest BCUT2D eigenvalue weighted by atomic mass is 9.93. The number of rotatable bonds is 4. The van der Waals surface area contributed by atoms with Crippen molar-refractivity contribution in [2.24, 2.45) is 17.8 Å². The van der Waals surface area contributed by atoms with E-state index in [1.165, 1.54) is 5.56 Å². The summed E-state index contributed by atoms with van der Waals surface area (Å²) in [5.41, 5.74) is 1.31. The lowest BCUT2D eigenvalue weighted by molar-refractivity contribution is -0.139. The largest absolute Gasteiger partial charge is 0.481 e. The second-order valence-corrected chi connectivity index (χ2v) is 6.34. The molecule has 1 aromatic carbocycles. The first-order valence-electron chi connectivity index (χ1n) is 6.33. The van der Waals surface area contributed by atoms with E-state index in [-0.39, 0.29) is 5.92 Å². The molecule has 0 spiro atoms. The lowest BCUT2D eigenvalue weighted by Crippen LogP contribution is -2.47. The van der Waals surface area contributed by atoms with Crippen molar-refractivity contribution >= 4 is 21.9 Å². The maximum Gasteiger partial charge on any atom is 0.306 e. The monoisotopic (exact) mass is 309 g/mol. The van der Waals surface area contributed by atoms with Gasteiger partial charge in [0, 0.05) is 24.1 Å². The molecule has 2 fully saturated rings. The van der Waals surface area contributed by atoms with Crippen LogP contribution in [0.3, 0.4) is 0 Å². The molecule has 1 saturated heterocycles. The highest BCUT2D eigenvalue weighted by molar-refractivity contribution is 9.10. The number of hydrogen-bond donors (Lipinski definition) is 1. The number of carboxylic acids is 1. The first-order chi connectivity index (χ1) is 8.63. The lowest BCUT2D eigenvalue weighted by Gasteiger charge is -2.39. The number of halogens is 1. The van der Waals surface area contributed by atoms with E-state index in [0.29, 0.717) is 11.8 Å². The average molecular weight is 310 g/mol. The minimum atomic E-state index is -0.606. The van der Waals surface area contributed by atoms with Crippen molar-refractivity contribution < 1.29 is 9.90 Å². The van der Waals surface area contributed by atoms with E-state index in [1.54, 1.807) is 0 Å². The van der Waals surface area contributed by atoms with Gasteiger partial charge in [0.2, 0.25) is 0 Å². The van der Waals surface area contributed by atoms with Crippen molar-refractivity contribution in [3.63, 3.8) is 0 Å². The van der Waals surface area contributed by atoms with Gasteiger partial charge in [-0.25, -0.2) is 0 Å². The summed E-state index contributed by atoms with van der Waals surface area (Å²) in [6.45, 7) is 3.09. The van der Waals surface area contributed by atoms with Gasteiger partial charge in [-0.3, -0.25) is 9.69 Å². The molecule has 2 aliphatic rings. The minimum absolute atomic E-state index is 0.0528. The zero-order chi connectivity index (χ0) is 12.7. The van der Waals surface area contributed by atoms with Crippen LogP contribution in [0, 0.1) is 17.8 Å². The van der Waals surface area contributed by atoms with E-state index in [1.807, 2.05) is 6.07 Å². The number of carbonyl (C=O) groups is 1. The molecule has 0 radical (unpaired) electrons. The number of nitrogens with zero attached hydrogens (tertiary/aromatic N) is 1. The quantitative estimate of drug-likeness (QED) is 0.929. The number of hydrogen-bond acceptors (Lipinski definition) is 2. The molecule has 0 unspecified atom stereocenters. The Hall–Kier alpha value is -0.870. The van der Waals surface area contributed by atoms with Crippen LogP contribution in [0.5, 0.6) is 0 Å². The van der Waals surface area contributed by atoms with Crippen LogP contribution in [0.2, 0.25) is 0 Å². The molecule has 1 saturated carbocycles. The molecule has 1 aliphatic heterocycles. The first kappa shape index (κ1) is 12.2. The second kappa shape index (κ2) is 4.67. The van der Waals surface area contributed by atoms with Crippen LogP contribution >= 0.6 is 15.9 Å². The summed E-state index contributed by atoms with van der Waals surface area (Å²) in [4.78, 5) is 13.2. The van der Waals surface area contributed by atoms with Gasteiger partial charge in [-0.05, 0) is 36.0 Å². The Morgan fingerprint density at radius 3 is 2.83 bits per heavy atom. The third kappa shape index (κ3) is 2.45. The van der Waals surface area contributed by atoms with E-state index >= 15 is 0 Å². The maximum absolute atomic E-state index is 10.8. The van der Waals surface area contributed by atoms with Crippen LogP contribution in [0.1, 0.15) is 12.0 Å². The second-order valence-electron chi connectivity index (χ2n) is 5.43. The van der Waals surface area contributed by atoms with E-state index in [4.69, 9.17) is 5.11 Å². The molecule has 1 heterocycles. The number of carboxylic acid groups (broad SMARTS) is 1. The van der Waals surface area contributed by atoms with Crippen molar-refractivity contribution in [1.82, 2.24) is 4.90 Å². The van der Waals surface area contributed by atoms with Crippen LogP contribution in [-0.4, -0.2) is 29.1 Å². The van der Waals surface area contributed by atoms with Crippen LogP contribution in [-0.2, 0) is 11.3 Å². The van der Waals surface area contributed by atoms with Crippen molar-refractivity contribution in [2.45, 2.75) is 13.0 Å². The summed E-state index contributed by atoms with van der Waals surface area (Å²) in [7, 11) is 0. The Balaban J connectivity index is 1.47. The molecule has 1 aliphatic carbocycles. The molecule has 18 heavy (non-hydrogen) atoms. The number of benzene rings is 1. The topological polar surface area (TPSA) is 40.5 Å². The Morgan fingerprint density at radius 1 is 1.44 bits per heavy atom. The third-order valence-corrected chi connectivity index (χ3v) is 4.54. The van der Waals surface area contributed by atoms with Gasteiger partial charge in [-0.15, -0.1) is 0 Å². The maximum atomic E-state index is 10.8. The smallest absolute Gasteiger partial charge is 0.306 e. The SMILES string of the molecule is O=C(O)[C@@H]1C[C@H]1C1CN(Cc2cccc(Br)c2)C1. The molecule has 1 aromatic rings. The van der Waals surface area contributed by atoms with Gasteiger partial charge in [0.25, 0.3) is 0 Å². The van der Waals surface area contributed by atoms with Gasteiger partial charge in [0.05, 0.1) is 5.92 Å². The van der Waals surface area contributed by atoms with Crippen LogP contribution in [0.15, 0.2) is 28.7 Å². The van der Waals surface area contributed by atoms with Gasteiger partial charge in [-0.2, -0.15) is 0 Å². The van der Waals surface area contributed by atoms with E-state index < -0.39 is 5.97 Å². The van der Waals surface area contributed by atoms with Crippen LogP contribution < -0.4 is 0 Å². The Labute approximate surface area is 115 Å². The molecule has 0 aromatic heterocycles. The molecule has 2 atom stereocenters. The predicted molar refractivity (Wildman–Crippen MR) is 72.1 cm³/mol. The highest BCUT2D eigenvalue weighted by atomic mass is 79.9. The summed E-state index contributed by atoms with van der Waals surface area (Å²) in [6, 6.07) is 8.36. The van der Waals surface area contributed by atoms with Crippen molar-refractivity contribution in [3.8, 4) is 0 Å². The normalized spacial score (nSPS) is 27.8. The van der Waals surface area contributed by atoms with Crippen LogP contribution in [0.25, 0.3) is 0 Å². The Morgan fingerprint density at radius 2 is 2.22 bits per heavy atom. The van der Waals surface area contributed by atoms with E-state index in [9.17, 15) is 4.79 Å². The average Bonchev–Trinajstić information content (AvgIpc) is 3.02. The Bertz CT molecular complexity index is 471. The van der Waals surface area contributed by atoms with Crippen molar-refractivity contribution in [3.05, 3.63) is 34.3 Å². The molecule has 3 rings (SSSR count). The zero-order valence-electron chi connectivity index (χ0n) is 10.1. The minimum Gasteiger partial charge on any atom is -0.481 e. The molecular formula is C14H16BrNO2. The molecule has 0 amide bonds. The third-order valence-electron chi connectivity index (χ3n) is 4.04. The standard InChI is InChI=1S/C14H16BrNO2/c15-11-3-1-2-9(4-11)6-16-7-10(8-16)12-5-13(12)14(17)18/h1-4,10,12-13H,5-8H2,(H,17,18)/t12-,13+/m0/s1. The molecule has 96 valence electrons. The first-order valence-corrected chi connectivity index (χ1v) is 7.12. The summed E-state index contributed by atoms with van der Waals surface area (Å²) in [5, 5.41) is 8.90. The number of likely N-dealkylation sites (tertiary alicyclic amines) is 1. The fraction of sp³-hybridized carbons (Fsp3) is 0.500.